The molecule has 0 aliphatic heterocycles. The molecule has 8 heteroatoms. The van der Waals surface area contributed by atoms with E-state index in [-0.39, 0.29) is 18.3 Å². The third kappa shape index (κ3) is 3.90. The number of imidazole rings is 1. The van der Waals surface area contributed by atoms with Crippen molar-refractivity contribution in [1.82, 2.24) is 25.1 Å². The van der Waals surface area contributed by atoms with Crippen molar-refractivity contribution in [1.29, 1.82) is 0 Å². The van der Waals surface area contributed by atoms with E-state index in [2.05, 4.69) is 29.8 Å². The van der Waals surface area contributed by atoms with Crippen molar-refractivity contribution in [2.75, 3.05) is 13.7 Å². The highest BCUT2D eigenvalue weighted by Gasteiger charge is 2.13. The first-order valence-corrected chi connectivity index (χ1v) is 8.39. The number of aryl methyl sites for hydroxylation is 1. The zero-order valence-electron chi connectivity index (χ0n) is 14.8. The number of rotatable bonds is 7. The van der Waals surface area contributed by atoms with Gasteiger partial charge in [-0.3, -0.25) is 14.7 Å². The first-order valence-electron chi connectivity index (χ1n) is 8.39. The van der Waals surface area contributed by atoms with Gasteiger partial charge in [-0.15, -0.1) is 0 Å². The molecule has 1 aromatic carbocycles. The number of amides is 1. The van der Waals surface area contributed by atoms with E-state index in [0.29, 0.717) is 25.2 Å². The summed E-state index contributed by atoms with van der Waals surface area (Å²) in [6, 6.07) is 9.64. The zero-order valence-corrected chi connectivity index (χ0v) is 14.8. The Balaban J connectivity index is 1.61. The number of hydrogen-bond acceptors (Lipinski definition) is 5. The summed E-state index contributed by atoms with van der Waals surface area (Å²) >= 11 is 0. The first-order chi connectivity index (χ1) is 12.6. The lowest BCUT2D eigenvalue weighted by atomic mass is 10.3. The predicted octanol–water partition coefficient (Wildman–Crippen LogP) is 1.80. The fraction of sp³-hybridized carbons (Fsp3) is 0.333. The summed E-state index contributed by atoms with van der Waals surface area (Å²) in [5.41, 5.74) is 3.11. The van der Waals surface area contributed by atoms with E-state index in [1.54, 1.807) is 6.07 Å². The van der Waals surface area contributed by atoms with Crippen LogP contribution < -0.4 is 5.32 Å². The highest BCUT2D eigenvalue weighted by Crippen LogP contribution is 2.17. The Bertz CT molecular complexity index is 928. The molecule has 0 saturated carbocycles. The van der Waals surface area contributed by atoms with Crippen molar-refractivity contribution in [3.05, 3.63) is 47.5 Å². The van der Waals surface area contributed by atoms with E-state index in [0.717, 1.165) is 22.6 Å². The molecule has 0 fully saturated rings. The molecule has 26 heavy (non-hydrogen) atoms. The zero-order chi connectivity index (χ0) is 18.5. The highest BCUT2D eigenvalue weighted by atomic mass is 16.5. The van der Waals surface area contributed by atoms with Gasteiger partial charge in [0.1, 0.15) is 11.5 Å². The minimum Gasteiger partial charge on any atom is -0.469 e. The maximum Gasteiger partial charge on any atom is 0.305 e. The van der Waals surface area contributed by atoms with Gasteiger partial charge in [-0.25, -0.2) is 4.98 Å². The number of nitrogens with zero attached hydrogens (tertiary/aromatic N) is 3. The molecule has 2 heterocycles. The predicted molar refractivity (Wildman–Crippen MR) is 95.7 cm³/mol. The molecular weight excluding hydrogens is 334 g/mol. The molecule has 3 aromatic rings. The summed E-state index contributed by atoms with van der Waals surface area (Å²) in [5, 5.41) is 9.72. The molecule has 0 bridgehead atoms. The van der Waals surface area contributed by atoms with Gasteiger partial charge in [0.25, 0.3) is 5.91 Å². The van der Waals surface area contributed by atoms with Gasteiger partial charge in [0.2, 0.25) is 0 Å². The fourth-order valence-corrected chi connectivity index (χ4v) is 2.75. The summed E-state index contributed by atoms with van der Waals surface area (Å²) in [6.07, 6.45) is 0.797. The normalized spacial score (nSPS) is 10.8. The number of aromatic amines is 1. The SMILES string of the molecule is COC(=O)CCCNC(=O)c1cc(Cn2c(C)nc3ccccc32)[nH]n1. The molecular formula is C18H21N5O3. The van der Waals surface area contributed by atoms with E-state index >= 15 is 0 Å². The highest BCUT2D eigenvalue weighted by molar-refractivity contribution is 5.92. The number of hydrogen-bond donors (Lipinski definition) is 2. The van der Waals surface area contributed by atoms with Gasteiger partial charge in [0.05, 0.1) is 30.4 Å². The third-order valence-corrected chi connectivity index (χ3v) is 4.11. The van der Waals surface area contributed by atoms with E-state index in [4.69, 9.17) is 0 Å². The van der Waals surface area contributed by atoms with Crippen molar-refractivity contribution in [2.24, 2.45) is 0 Å². The number of H-pyrrole nitrogens is 1. The third-order valence-electron chi connectivity index (χ3n) is 4.11. The second-order valence-electron chi connectivity index (χ2n) is 5.95. The van der Waals surface area contributed by atoms with Crippen LogP contribution in [-0.4, -0.2) is 45.3 Å². The van der Waals surface area contributed by atoms with Crippen molar-refractivity contribution in [2.45, 2.75) is 26.3 Å². The number of methoxy groups -OCH3 is 1. The van der Waals surface area contributed by atoms with E-state index in [9.17, 15) is 9.59 Å². The molecule has 0 radical (unpaired) electrons. The van der Waals surface area contributed by atoms with Crippen LogP contribution in [0.4, 0.5) is 0 Å². The van der Waals surface area contributed by atoms with Gasteiger partial charge in [-0.1, -0.05) is 12.1 Å². The second kappa shape index (κ2) is 7.81. The monoisotopic (exact) mass is 355 g/mol. The minimum atomic E-state index is -0.288. The number of para-hydroxylation sites is 2. The Morgan fingerprint density at radius 1 is 1.31 bits per heavy atom. The maximum absolute atomic E-state index is 12.1. The lowest BCUT2D eigenvalue weighted by Gasteiger charge is -2.04. The van der Waals surface area contributed by atoms with Crippen molar-refractivity contribution >= 4 is 22.9 Å². The Morgan fingerprint density at radius 3 is 2.92 bits per heavy atom. The molecule has 2 aromatic heterocycles. The van der Waals surface area contributed by atoms with Gasteiger partial charge in [0, 0.05) is 13.0 Å². The van der Waals surface area contributed by atoms with E-state index < -0.39 is 0 Å². The van der Waals surface area contributed by atoms with Gasteiger partial charge < -0.3 is 14.6 Å². The van der Waals surface area contributed by atoms with Crippen LogP contribution in [0.25, 0.3) is 11.0 Å². The van der Waals surface area contributed by atoms with Gasteiger partial charge in [0.15, 0.2) is 0 Å². The van der Waals surface area contributed by atoms with Crippen molar-refractivity contribution < 1.29 is 14.3 Å². The number of esters is 1. The van der Waals surface area contributed by atoms with E-state index in [1.807, 2.05) is 31.2 Å². The van der Waals surface area contributed by atoms with Crippen molar-refractivity contribution in [3.63, 3.8) is 0 Å². The van der Waals surface area contributed by atoms with Crippen LogP contribution in [0.5, 0.6) is 0 Å². The number of ether oxygens (including phenoxy) is 1. The second-order valence-corrected chi connectivity index (χ2v) is 5.95. The molecule has 0 atom stereocenters. The summed E-state index contributed by atoms with van der Waals surface area (Å²) in [5.74, 6) is 0.337. The summed E-state index contributed by atoms with van der Waals surface area (Å²) in [4.78, 5) is 27.7. The minimum absolute atomic E-state index is 0.273. The topological polar surface area (TPSA) is 102 Å². The average Bonchev–Trinajstić information content (AvgIpc) is 3.24. The Morgan fingerprint density at radius 2 is 2.12 bits per heavy atom. The Kier molecular flexibility index (Phi) is 5.31. The van der Waals surface area contributed by atoms with Crippen LogP contribution in [-0.2, 0) is 16.1 Å². The van der Waals surface area contributed by atoms with Gasteiger partial charge in [-0.05, 0) is 31.5 Å². The smallest absolute Gasteiger partial charge is 0.305 e. The van der Waals surface area contributed by atoms with E-state index in [1.165, 1.54) is 7.11 Å². The maximum atomic E-state index is 12.1. The molecule has 0 aliphatic rings. The molecule has 2 N–H and O–H groups in total. The van der Waals surface area contributed by atoms with Gasteiger partial charge >= 0.3 is 5.97 Å². The van der Waals surface area contributed by atoms with Gasteiger partial charge in [-0.2, -0.15) is 5.10 Å². The van der Waals surface area contributed by atoms with Crippen molar-refractivity contribution in [3.8, 4) is 0 Å². The molecule has 1 amide bonds. The molecule has 0 aliphatic carbocycles. The summed E-state index contributed by atoms with van der Waals surface area (Å²) in [7, 11) is 1.34. The van der Waals surface area contributed by atoms with Crippen LogP contribution in [0.2, 0.25) is 0 Å². The summed E-state index contributed by atoms with van der Waals surface area (Å²) < 4.78 is 6.63. The van der Waals surface area contributed by atoms with Crippen LogP contribution in [0.15, 0.2) is 30.3 Å². The number of carbonyl (C=O) groups is 2. The molecule has 0 spiro atoms. The van der Waals surface area contributed by atoms with Crippen LogP contribution in [0.1, 0.15) is 34.8 Å². The standard InChI is InChI=1S/C18H21N5O3/c1-12-20-14-6-3-4-7-16(14)23(12)11-13-10-15(22-21-13)18(25)19-9-5-8-17(24)26-2/h3-4,6-7,10H,5,8-9,11H2,1-2H3,(H,19,25)(H,21,22). The molecule has 136 valence electrons. The number of benzene rings is 1. The number of carbonyl (C=O) groups excluding carboxylic acids is 2. The largest absolute Gasteiger partial charge is 0.469 e. The summed E-state index contributed by atoms with van der Waals surface area (Å²) in [6.45, 7) is 2.89. The lowest BCUT2D eigenvalue weighted by Crippen LogP contribution is -2.25. The van der Waals surface area contributed by atoms with Crippen LogP contribution >= 0.6 is 0 Å². The number of aromatic nitrogens is 4. The molecule has 0 unspecified atom stereocenters. The Labute approximate surface area is 150 Å². The lowest BCUT2D eigenvalue weighted by molar-refractivity contribution is -0.140. The quantitative estimate of drug-likeness (QED) is 0.497. The fourth-order valence-electron chi connectivity index (χ4n) is 2.75. The molecule has 8 nitrogen and oxygen atoms in total. The van der Waals surface area contributed by atoms with Crippen LogP contribution in [0.3, 0.4) is 0 Å². The number of nitrogens with one attached hydrogen (secondary N) is 2. The average molecular weight is 355 g/mol. The first kappa shape index (κ1) is 17.7. The molecule has 0 saturated heterocycles. The Hall–Kier alpha value is -3.16. The van der Waals surface area contributed by atoms with Crippen LogP contribution in [0, 0.1) is 6.92 Å². The molecule has 3 rings (SSSR count). The number of fused-ring (bicyclic) bond motifs is 1.